The van der Waals surface area contributed by atoms with Gasteiger partial charge in [0.25, 0.3) is 0 Å². The third kappa shape index (κ3) is 5.64. The molecule has 8 heteroatoms. The number of methoxy groups -OCH3 is 3. The zero-order valence-corrected chi connectivity index (χ0v) is 18.0. The summed E-state index contributed by atoms with van der Waals surface area (Å²) in [6, 6.07) is 12.9. The molecule has 0 fully saturated rings. The fourth-order valence-electron chi connectivity index (χ4n) is 2.74. The van der Waals surface area contributed by atoms with E-state index in [1.165, 1.54) is 11.3 Å². The predicted octanol–water partition coefficient (Wildman–Crippen LogP) is 4.63. The predicted molar refractivity (Wildman–Crippen MR) is 117 cm³/mol. The van der Waals surface area contributed by atoms with E-state index in [1.807, 2.05) is 41.8 Å². The van der Waals surface area contributed by atoms with Gasteiger partial charge in [0.1, 0.15) is 23.0 Å². The first-order valence-corrected chi connectivity index (χ1v) is 10.3. The summed E-state index contributed by atoms with van der Waals surface area (Å²) >= 11 is 1.37. The van der Waals surface area contributed by atoms with Gasteiger partial charge in [0, 0.05) is 23.4 Å². The van der Waals surface area contributed by atoms with Crippen molar-refractivity contribution in [1.82, 2.24) is 4.98 Å². The van der Waals surface area contributed by atoms with E-state index in [9.17, 15) is 4.79 Å². The average Bonchev–Trinajstić information content (AvgIpc) is 3.24. The highest BCUT2D eigenvalue weighted by Crippen LogP contribution is 2.34. The lowest BCUT2D eigenvalue weighted by atomic mass is 10.1. The van der Waals surface area contributed by atoms with Crippen molar-refractivity contribution >= 4 is 22.4 Å². The molecule has 2 aromatic carbocycles. The maximum Gasteiger partial charge on any atom is 0.226 e. The molecule has 7 nitrogen and oxygen atoms in total. The third-order valence-electron chi connectivity index (χ3n) is 4.31. The van der Waals surface area contributed by atoms with Crippen molar-refractivity contribution in [3.05, 3.63) is 47.8 Å². The second-order valence-electron chi connectivity index (χ2n) is 6.28. The van der Waals surface area contributed by atoms with E-state index in [4.69, 9.17) is 18.9 Å². The van der Waals surface area contributed by atoms with E-state index < -0.39 is 0 Å². The summed E-state index contributed by atoms with van der Waals surface area (Å²) in [5.74, 6) is 2.78. The van der Waals surface area contributed by atoms with E-state index >= 15 is 0 Å². The fourth-order valence-corrected chi connectivity index (χ4v) is 3.47. The summed E-state index contributed by atoms with van der Waals surface area (Å²) in [5.41, 5.74) is 1.57. The molecule has 158 valence electrons. The Morgan fingerprint density at radius 1 is 0.967 bits per heavy atom. The highest BCUT2D eigenvalue weighted by molar-refractivity contribution is 7.14. The van der Waals surface area contributed by atoms with Gasteiger partial charge in [-0.2, -0.15) is 0 Å². The van der Waals surface area contributed by atoms with E-state index in [-0.39, 0.29) is 5.91 Å². The number of carbonyl (C=O) groups excluding carboxylic acids is 1. The zero-order valence-electron chi connectivity index (χ0n) is 17.1. The van der Waals surface area contributed by atoms with Gasteiger partial charge in [0.2, 0.25) is 5.91 Å². The largest absolute Gasteiger partial charge is 0.497 e. The van der Waals surface area contributed by atoms with Gasteiger partial charge in [-0.1, -0.05) is 0 Å². The summed E-state index contributed by atoms with van der Waals surface area (Å²) in [5, 5.41) is 5.26. The van der Waals surface area contributed by atoms with Crippen LogP contribution in [0.4, 0.5) is 5.13 Å². The van der Waals surface area contributed by atoms with Crippen LogP contribution in [0.2, 0.25) is 0 Å². The van der Waals surface area contributed by atoms with Crippen LogP contribution >= 0.6 is 11.3 Å². The Morgan fingerprint density at radius 3 is 2.37 bits per heavy atom. The average molecular weight is 429 g/mol. The summed E-state index contributed by atoms with van der Waals surface area (Å²) in [7, 11) is 4.82. The van der Waals surface area contributed by atoms with E-state index in [0.717, 1.165) is 22.8 Å². The first-order valence-electron chi connectivity index (χ1n) is 9.37. The quantitative estimate of drug-likeness (QED) is 0.474. The van der Waals surface area contributed by atoms with Crippen LogP contribution < -0.4 is 24.3 Å². The van der Waals surface area contributed by atoms with E-state index in [1.54, 1.807) is 27.4 Å². The monoisotopic (exact) mass is 428 g/mol. The normalized spacial score (nSPS) is 10.4. The van der Waals surface area contributed by atoms with Crippen LogP contribution in [-0.2, 0) is 4.79 Å². The molecular formula is C22H24N2O5S. The van der Waals surface area contributed by atoms with Crippen molar-refractivity contribution < 1.29 is 23.7 Å². The number of nitrogens with zero attached hydrogens (tertiary/aromatic N) is 1. The van der Waals surface area contributed by atoms with Crippen LogP contribution in [-0.4, -0.2) is 38.8 Å². The Hall–Kier alpha value is -3.26. The van der Waals surface area contributed by atoms with Crippen molar-refractivity contribution in [3.8, 4) is 34.3 Å². The van der Waals surface area contributed by atoms with Gasteiger partial charge in [-0.15, -0.1) is 11.3 Å². The Morgan fingerprint density at radius 2 is 1.67 bits per heavy atom. The number of benzene rings is 2. The van der Waals surface area contributed by atoms with Crippen molar-refractivity contribution in [3.63, 3.8) is 0 Å². The zero-order chi connectivity index (χ0) is 21.3. The highest BCUT2D eigenvalue weighted by atomic mass is 32.1. The SMILES string of the molecule is COc1ccc(OCCCC(=O)Nc2nc(-c3ccc(OC)cc3OC)cs2)cc1. The molecule has 0 saturated heterocycles. The number of hydrogen-bond acceptors (Lipinski definition) is 7. The number of ether oxygens (including phenoxy) is 4. The molecule has 0 atom stereocenters. The minimum Gasteiger partial charge on any atom is -0.497 e. The van der Waals surface area contributed by atoms with Gasteiger partial charge in [-0.25, -0.2) is 4.98 Å². The Kier molecular flexibility index (Phi) is 7.51. The molecule has 0 aliphatic rings. The number of amides is 1. The van der Waals surface area contributed by atoms with Crippen LogP contribution in [0, 0.1) is 0 Å². The van der Waals surface area contributed by atoms with Crippen LogP contribution in [0.5, 0.6) is 23.0 Å². The molecule has 1 aromatic heterocycles. The maximum absolute atomic E-state index is 12.2. The van der Waals surface area contributed by atoms with Crippen molar-refractivity contribution in [2.24, 2.45) is 0 Å². The van der Waals surface area contributed by atoms with Gasteiger partial charge >= 0.3 is 0 Å². The van der Waals surface area contributed by atoms with Crippen LogP contribution in [0.25, 0.3) is 11.3 Å². The van der Waals surface area contributed by atoms with Crippen molar-refractivity contribution in [1.29, 1.82) is 0 Å². The number of hydrogen-bond donors (Lipinski definition) is 1. The summed E-state index contributed by atoms with van der Waals surface area (Å²) in [6.45, 7) is 0.450. The third-order valence-corrected chi connectivity index (χ3v) is 5.07. The van der Waals surface area contributed by atoms with Crippen molar-refractivity contribution in [2.45, 2.75) is 12.8 Å². The smallest absolute Gasteiger partial charge is 0.226 e. The van der Waals surface area contributed by atoms with Gasteiger partial charge in [0.05, 0.1) is 33.6 Å². The minimum atomic E-state index is -0.101. The summed E-state index contributed by atoms with van der Waals surface area (Å²) in [6.07, 6.45) is 0.944. The first kappa shape index (κ1) is 21.4. The number of nitrogens with one attached hydrogen (secondary N) is 1. The molecule has 3 aromatic rings. The molecule has 30 heavy (non-hydrogen) atoms. The summed E-state index contributed by atoms with van der Waals surface area (Å²) in [4.78, 5) is 16.7. The van der Waals surface area contributed by atoms with Crippen molar-refractivity contribution in [2.75, 3.05) is 33.3 Å². The Balaban J connectivity index is 1.49. The molecule has 0 aliphatic heterocycles. The van der Waals surface area contributed by atoms with E-state index in [0.29, 0.717) is 36.1 Å². The molecule has 1 heterocycles. The lowest BCUT2D eigenvalue weighted by Gasteiger charge is -2.08. The number of aromatic nitrogens is 1. The van der Waals surface area contributed by atoms with Gasteiger partial charge in [0.15, 0.2) is 5.13 Å². The molecule has 1 N–H and O–H groups in total. The van der Waals surface area contributed by atoms with Crippen LogP contribution in [0.15, 0.2) is 47.8 Å². The van der Waals surface area contributed by atoms with Gasteiger partial charge in [-0.05, 0) is 42.8 Å². The molecule has 0 saturated carbocycles. The lowest BCUT2D eigenvalue weighted by molar-refractivity contribution is -0.116. The molecule has 0 aliphatic carbocycles. The molecule has 1 amide bonds. The maximum atomic E-state index is 12.2. The second-order valence-corrected chi connectivity index (χ2v) is 7.14. The standard InChI is InChI=1S/C22H24N2O5S/c1-26-15-6-8-16(9-7-15)29-12-4-5-21(25)24-22-23-19(14-30-22)18-11-10-17(27-2)13-20(18)28-3/h6-11,13-14H,4-5,12H2,1-3H3,(H,23,24,25). The van der Waals surface area contributed by atoms with Crippen LogP contribution in [0.3, 0.4) is 0 Å². The van der Waals surface area contributed by atoms with Gasteiger partial charge < -0.3 is 24.3 Å². The highest BCUT2D eigenvalue weighted by Gasteiger charge is 2.13. The Labute approximate surface area is 179 Å². The Bertz CT molecular complexity index is 972. The molecular weight excluding hydrogens is 404 g/mol. The fraction of sp³-hybridized carbons (Fsp3) is 0.273. The number of rotatable bonds is 10. The van der Waals surface area contributed by atoms with E-state index in [2.05, 4.69) is 10.3 Å². The molecule has 0 unspecified atom stereocenters. The number of anilines is 1. The van der Waals surface area contributed by atoms with Crippen LogP contribution in [0.1, 0.15) is 12.8 Å². The topological polar surface area (TPSA) is 78.9 Å². The molecule has 3 rings (SSSR count). The number of thiazole rings is 1. The number of carbonyl (C=O) groups is 1. The summed E-state index contributed by atoms with van der Waals surface area (Å²) < 4.78 is 21.4. The minimum absolute atomic E-state index is 0.101. The first-order chi connectivity index (χ1) is 14.6. The molecule has 0 bridgehead atoms. The van der Waals surface area contributed by atoms with Gasteiger partial charge in [-0.3, -0.25) is 4.79 Å². The lowest BCUT2D eigenvalue weighted by Crippen LogP contribution is -2.12. The molecule has 0 radical (unpaired) electrons. The molecule has 0 spiro atoms. The second kappa shape index (κ2) is 10.5.